The van der Waals surface area contributed by atoms with Crippen LogP contribution in [0, 0.1) is 5.82 Å². The number of esters is 1. The monoisotopic (exact) mass is 728 g/mol. The van der Waals surface area contributed by atoms with Crippen LogP contribution in [0.1, 0.15) is 28.6 Å². The van der Waals surface area contributed by atoms with E-state index in [4.69, 9.17) is 26.4 Å². The average Bonchev–Trinajstić information content (AvgIpc) is 3.79. The molecular formula is C37H34ClFN6O5S. The summed E-state index contributed by atoms with van der Waals surface area (Å²) in [6, 6.07) is 18.7. The Kier molecular flexibility index (Phi) is 9.85. The molecule has 3 aromatic carbocycles. The molecule has 0 spiro atoms. The summed E-state index contributed by atoms with van der Waals surface area (Å²) in [7, 11) is 1.31. The van der Waals surface area contributed by atoms with Gasteiger partial charge in [-0.15, -0.1) is 11.3 Å². The number of thiazole rings is 1. The summed E-state index contributed by atoms with van der Waals surface area (Å²) in [5.74, 6) is -1.43. The van der Waals surface area contributed by atoms with Crippen LogP contribution in [0.25, 0.3) is 11.1 Å². The van der Waals surface area contributed by atoms with E-state index in [-0.39, 0.29) is 29.1 Å². The zero-order chi connectivity index (χ0) is 35.6. The lowest BCUT2D eigenvalue weighted by molar-refractivity contribution is -0.137. The van der Waals surface area contributed by atoms with Crippen molar-refractivity contribution in [3.63, 3.8) is 0 Å². The average molecular weight is 729 g/mol. The zero-order valence-electron chi connectivity index (χ0n) is 27.6. The van der Waals surface area contributed by atoms with Crippen LogP contribution in [0.3, 0.4) is 0 Å². The number of hydrogen-bond acceptors (Lipinski definition) is 9. The standard InChI is InChI=1S/C37H34ClFN6O5S/c1-50-36(48)32-30(41-34(35-40-14-17-51-35)42-33(32)28-12-9-25(39)18-29(28)38)21-43-15-16-44-27(19-43)20-45(37(44)49)26-10-7-24(8-11-26)23-5-2-22(3-6-23)4-13-31(46)47/h2-3,5-12,14,17-18,27,33H,4,13,15-16,19-21H2,1H3,(H,41,42)(H,46,47). The van der Waals surface area contributed by atoms with Crippen molar-refractivity contribution in [2.24, 2.45) is 4.99 Å². The highest BCUT2D eigenvalue weighted by molar-refractivity contribution is 7.11. The third kappa shape index (κ3) is 7.23. The SMILES string of the molecule is COC(=O)C1=C(CN2CCN3C(=O)N(c4ccc(-c5ccc(CCC(=O)O)cc5)cc4)CC3C2)NC(c2nccs2)=NC1c1ccc(F)cc1Cl. The maximum Gasteiger partial charge on any atom is 0.338 e. The first-order chi connectivity index (χ1) is 24.7. The Morgan fingerprint density at radius 1 is 1.06 bits per heavy atom. The number of ether oxygens (including phenoxy) is 1. The third-order valence-electron chi connectivity index (χ3n) is 9.34. The second-order valence-electron chi connectivity index (χ2n) is 12.5. The van der Waals surface area contributed by atoms with Gasteiger partial charge in [0, 0.05) is 72.7 Å². The minimum atomic E-state index is -0.858. The van der Waals surface area contributed by atoms with Crippen molar-refractivity contribution in [2.45, 2.75) is 24.9 Å². The lowest BCUT2D eigenvalue weighted by Gasteiger charge is -2.38. The molecule has 7 rings (SSSR count). The first kappa shape index (κ1) is 34.3. The van der Waals surface area contributed by atoms with Gasteiger partial charge in [0.2, 0.25) is 0 Å². The third-order valence-corrected chi connectivity index (χ3v) is 10.4. The zero-order valence-corrected chi connectivity index (χ0v) is 29.2. The summed E-state index contributed by atoms with van der Waals surface area (Å²) in [5.41, 5.74) is 5.08. The van der Waals surface area contributed by atoms with Crippen LogP contribution in [0.4, 0.5) is 14.9 Å². The van der Waals surface area contributed by atoms with E-state index in [9.17, 15) is 18.8 Å². The molecular weight excluding hydrogens is 695 g/mol. The van der Waals surface area contributed by atoms with E-state index in [1.54, 1.807) is 11.1 Å². The molecule has 3 aliphatic rings. The van der Waals surface area contributed by atoms with Crippen LogP contribution in [0.5, 0.6) is 0 Å². The predicted octanol–water partition coefficient (Wildman–Crippen LogP) is 5.76. The number of halogens is 2. The number of carbonyl (C=O) groups excluding carboxylic acids is 2. The molecule has 262 valence electrons. The van der Waals surface area contributed by atoms with Crippen molar-refractivity contribution in [3.05, 3.63) is 117 Å². The Bertz CT molecular complexity index is 2020. The predicted molar refractivity (Wildman–Crippen MR) is 192 cm³/mol. The van der Waals surface area contributed by atoms with Gasteiger partial charge < -0.3 is 20.1 Å². The summed E-state index contributed by atoms with van der Waals surface area (Å²) in [6.07, 6.45) is 2.24. The highest BCUT2D eigenvalue weighted by Crippen LogP contribution is 2.37. The number of aliphatic imine (C=N–C) groups is 1. The lowest BCUT2D eigenvalue weighted by Crippen LogP contribution is -2.53. The molecule has 0 saturated carbocycles. The lowest BCUT2D eigenvalue weighted by atomic mass is 9.95. The first-order valence-electron chi connectivity index (χ1n) is 16.4. The molecule has 3 aliphatic heterocycles. The number of anilines is 1. The minimum absolute atomic E-state index is 0.0513. The molecule has 11 nitrogen and oxygen atoms in total. The molecule has 1 aromatic heterocycles. The molecule has 0 bridgehead atoms. The fourth-order valence-electron chi connectivity index (χ4n) is 6.77. The molecule has 2 saturated heterocycles. The summed E-state index contributed by atoms with van der Waals surface area (Å²) in [6.45, 7) is 2.49. The van der Waals surface area contributed by atoms with Crippen molar-refractivity contribution >= 4 is 52.4 Å². The van der Waals surface area contributed by atoms with Gasteiger partial charge in [0.25, 0.3) is 0 Å². The van der Waals surface area contributed by atoms with Gasteiger partial charge in [-0.25, -0.2) is 19.0 Å². The van der Waals surface area contributed by atoms with Gasteiger partial charge in [-0.05, 0) is 47.4 Å². The maximum absolute atomic E-state index is 14.0. The molecule has 2 fully saturated rings. The fourth-order valence-corrected chi connectivity index (χ4v) is 7.63. The number of benzene rings is 3. The number of urea groups is 1. The Morgan fingerprint density at radius 2 is 1.80 bits per heavy atom. The van der Waals surface area contributed by atoms with E-state index < -0.39 is 23.8 Å². The number of nitrogens with zero attached hydrogens (tertiary/aromatic N) is 5. The molecule has 2 N–H and O–H groups in total. The first-order valence-corrected chi connectivity index (χ1v) is 17.7. The number of carboxylic acids is 1. The number of carbonyl (C=O) groups is 3. The summed E-state index contributed by atoms with van der Waals surface area (Å²) < 4.78 is 19.3. The van der Waals surface area contributed by atoms with E-state index in [1.165, 1.54) is 36.6 Å². The highest BCUT2D eigenvalue weighted by Gasteiger charge is 2.42. The largest absolute Gasteiger partial charge is 0.481 e. The quantitative estimate of drug-likeness (QED) is 0.197. The van der Waals surface area contributed by atoms with Crippen LogP contribution >= 0.6 is 22.9 Å². The number of fused-ring (bicyclic) bond motifs is 1. The van der Waals surface area contributed by atoms with Gasteiger partial charge in [0.1, 0.15) is 11.9 Å². The fraction of sp³-hybridized carbons (Fsp3) is 0.270. The number of nitrogens with one attached hydrogen (secondary N) is 1. The number of hydrogen-bond donors (Lipinski definition) is 2. The van der Waals surface area contributed by atoms with Gasteiger partial charge in [-0.3, -0.25) is 19.6 Å². The Balaban J connectivity index is 1.08. The van der Waals surface area contributed by atoms with Crippen molar-refractivity contribution in [2.75, 3.05) is 44.7 Å². The van der Waals surface area contributed by atoms with Crippen LogP contribution < -0.4 is 10.2 Å². The molecule has 14 heteroatoms. The molecule has 51 heavy (non-hydrogen) atoms. The number of amides is 2. The molecule has 2 atom stereocenters. The molecule has 2 unspecified atom stereocenters. The van der Waals surface area contributed by atoms with Gasteiger partial charge >= 0.3 is 18.0 Å². The van der Waals surface area contributed by atoms with Gasteiger partial charge in [-0.1, -0.05) is 54.1 Å². The summed E-state index contributed by atoms with van der Waals surface area (Å²) in [5, 5.41) is 14.9. The summed E-state index contributed by atoms with van der Waals surface area (Å²) >= 11 is 7.90. The number of aryl methyl sites for hydroxylation is 1. The Labute approximate surface area is 302 Å². The summed E-state index contributed by atoms with van der Waals surface area (Å²) in [4.78, 5) is 53.0. The normalized spacial score (nSPS) is 19.1. The topological polar surface area (TPSA) is 128 Å². The molecule has 2 amide bonds. The van der Waals surface area contributed by atoms with Crippen molar-refractivity contribution in [3.8, 4) is 11.1 Å². The minimum Gasteiger partial charge on any atom is -0.481 e. The van der Waals surface area contributed by atoms with Crippen LogP contribution in [-0.2, 0) is 20.7 Å². The van der Waals surface area contributed by atoms with E-state index in [0.29, 0.717) is 61.2 Å². The number of carboxylic acid groups (broad SMARTS) is 1. The van der Waals surface area contributed by atoms with Crippen molar-refractivity contribution < 1.29 is 28.6 Å². The van der Waals surface area contributed by atoms with E-state index in [0.717, 1.165) is 22.4 Å². The number of rotatable bonds is 10. The smallest absolute Gasteiger partial charge is 0.338 e. The van der Waals surface area contributed by atoms with Crippen LogP contribution in [0.15, 0.2) is 94.6 Å². The number of aliphatic carboxylic acids is 1. The van der Waals surface area contributed by atoms with Gasteiger partial charge in [0.15, 0.2) is 10.8 Å². The van der Waals surface area contributed by atoms with Crippen LogP contribution in [-0.4, -0.2) is 89.6 Å². The second-order valence-corrected chi connectivity index (χ2v) is 13.8. The number of piperazine rings is 1. The van der Waals surface area contributed by atoms with E-state index in [2.05, 4.69) is 15.2 Å². The number of aromatic nitrogens is 1. The van der Waals surface area contributed by atoms with Gasteiger partial charge in [0.05, 0.1) is 18.7 Å². The van der Waals surface area contributed by atoms with Crippen molar-refractivity contribution in [1.82, 2.24) is 20.1 Å². The van der Waals surface area contributed by atoms with Crippen LogP contribution in [0.2, 0.25) is 5.02 Å². The van der Waals surface area contributed by atoms with E-state index in [1.807, 2.05) is 58.8 Å². The molecule has 0 aliphatic carbocycles. The molecule has 0 radical (unpaired) electrons. The Morgan fingerprint density at radius 3 is 2.47 bits per heavy atom. The Hall–Kier alpha value is -5.11. The maximum atomic E-state index is 14.0. The number of amidine groups is 1. The second kappa shape index (κ2) is 14.6. The number of methoxy groups -OCH3 is 1. The van der Waals surface area contributed by atoms with E-state index >= 15 is 0 Å². The van der Waals surface area contributed by atoms with Crippen molar-refractivity contribution in [1.29, 1.82) is 0 Å². The molecule has 4 aromatic rings. The molecule has 4 heterocycles. The highest BCUT2D eigenvalue weighted by atomic mass is 35.5. The van der Waals surface area contributed by atoms with Gasteiger partial charge in [-0.2, -0.15) is 0 Å².